The van der Waals surface area contributed by atoms with Crippen molar-refractivity contribution in [3.63, 3.8) is 0 Å². The Morgan fingerprint density at radius 2 is 2.29 bits per heavy atom. The lowest BCUT2D eigenvalue weighted by Gasteiger charge is -2.12. The summed E-state index contributed by atoms with van der Waals surface area (Å²) >= 11 is 1.09. The highest BCUT2D eigenvalue weighted by atomic mass is 32.2. The summed E-state index contributed by atoms with van der Waals surface area (Å²) in [5, 5.41) is 14.9. The molecule has 0 radical (unpaired) electrons. The molecule has 0 bridgehead atoms. The number of thioether (sulfide) groups is 1. The van der Waals surface area contributed by atoms with Crippen LogP contribution in [0, 0.1) is 5.92 Å². The first-order valence-electron chi connectivity index (χ1n) is 4.08. The molecule has 0 fully saturated rings. The van der Waals surface area contributed by atoms with E-state index < -0.39 is 11.2 Å². The maximum absolute atomic E-state index is 10.8. The van der Waals surface area contributed by atoms with Gasteiger partial charge in [-0.3, -0.25) is 4.79 Å². The lowest BCUT2D eigenvalue weighted by molar-refractivity contribution is -0.137. The van der Waals surface area contributed by atoms with E-state index >= 15 is 0 Å². The first-order chi connectivity index (χ1) is 6.50. The van der Waals surface area contributed by atoms with Gasteiger partial charge in [0, 0.05) is 0 Å². The standard InChI is InChI=1S/C7H12N4O2S/c1-3(2)4(5(12)13)14-7-9-6(8)10-11-7/h3-4H,1-2H3,(H,12,13)(H3,8,9,10,11)/t4-/m1/s1. The van der Waals surface area contributed by atoms with E-state index in [2.05, 4.69) is 15.2 Å². The van der Waals surface area contributed by atoms with Crippen molar-refractivity contribution in [2.75, 3.05) is 5.73 Å². The van der Waals surface area contributed by atoms with E-state index in [1.807, 2.05) is 13.8 Å². The number of nitrogens with one attached hydrogen (secondary N) is 1. The lowest BCUT2D eigenvalue weighted by atomic mass is 10.1. The van der Waals surface area contributed by atoms with Crippen molar-refractivity contribution in [2.45, 2.75) is 24.3 Å². The molecule has 1 aromatic rings. The molecule has 6 nitrogen and oxygen atoms in total. The molecule has 0 saturated carbocycles. The zero-order valence-corrected chi connectivity index (χ0v) is 8.71. The number of hydrogen-bond donors (Lipinski definition) is 3. The Morgan fingerprint density at radius 3 is 2.64 bits per heavy atom. The summed E-state index contributed by atoms with van der Waals surface area (Å²) in [5.74, 6) is -0.661. The topological polar surface area (TPSA) is 105 Å². The normalized spacial score (nSPS) is 13.1. The Hall–Kier alpha value is -1.24. The fraction of sp³-hybridized carbons (Fsp3) is 0.571. The maximum Gasteiger partial charge on any atom is 0.317 e. The van der Waals surface area contributed by atoms with Gasteiger partial charge in [0.2, 0.25) is 11.1 Å². The van der Waals surface area contributed by atoms with Crippen LogP contribution in [0.15, 0.2) is 5.16 Å². The Morgan fingerprint density at radius 1 is 1.64 bits per heavy atom. The van der Waals surface area contributed by atoms with E-state index in [1.165, 1.54) is 0 Å². The van der Waals surface area contributed by atoms with Crippen LogP contribution < -0.4 is 5.73 Å². The molecule has 0 aliphatic heterocycles. The van der Waals surface area contributed by atoms with Crippen LogP contribution in [0.25, 0.3) is 0 Å². The van der Waals surface area contributed by atoms with Gasteiger partial charge in [-0.1, -0.05) is 25.6 Å². The van der Waals surface area contributed by atoms with E-state index in [0.29, 0.717) is 5.16 Å². The second-order valence-electron chi connectivity index (χ2n) is 3.12. The average molecular weight is 216 g/mol. The first-order valence-corrected chi connectivity index (χ1v) is 4.96. The van der Waals surface area contributed by atoms with E-state index in [-0.39, 0.29) is 11.9 Å². The molecule has 1 heterocycles. The number of aliphatic carboxylic acids is 1. The van der Waals surface area contributed by atoms with Crippen LogP contribution in [-0.4, -0.2) is 31.5 Å². The van der Waals surface area contributed by atoms with E-state index in [9.17, 15) is 4.79 Å². The second kappa shape index (κ2) is 4.32. The van der Waals surface area contributed by atoms with Crippen LogP contribution in [0.1, 0.15) is 13.8 Å². The van der Waals surface area contributed by atoms with Gasteiger partial charge in [0.1, 0.15) is 5.25 Å². The number of anilines is 1. The van der Waals surface area contributed by atoms with Crippen molar-refractivity contribution in [3.05, 3.63) is 0 Å². The minimum Gasteiger partial charge on any atom is -0.480 e. The maximum atomic E-state index is 10.8. The highest BCUT2D eigenvalue weighted by Gasteiger charge is 2.24. The van der Waals surface area contributed by atoms with Crippen molar-refractivity contribution in [1.82, 2.24) is 15.2 Å². The fourth-order valence-corrected chi connectivity index (χ4v) is 1.75. The molecule has 1 aromatic heterocycles. The van der Waals surface area contributed by atoms with E-state index in [4.69, 9.17) is 10.8 Å². The molecule has 0 unspecified atom stereocenters. The summed E-state index contributed by atoms with van der Waals surface area (Å²) < 4.78 is 0. The summed E-state index contributed by atoms with van der Waals surface area (Å²) in [6.45, 7) is 3.67. The average Bonchev–Trinajstić information content (AvgIpc) is 2.46. The Bertz CT molecular complexity index is 325. The molecule has 1 rings (SSSR count). The Kier molecular flexibility index (Phi) is 3.34. The highest BCUT2D eigenvalue weighted by molar-refractivity contribution is 8.00. The molecule has 7 heteroatoms. The summed E-state index contributed by atoms with van der Waals surface area (Å²) in [7, 11) is 0. The zero-order valence-electron chi connectivity index (χ0n) is 7.89. The number of rotatable bonds is 4. The summed E-state index contributed by atoms with van der Waals surface area (Å²) in [6, 6.07) is 0. The zero-order chi connectivity index (χ0) is 10.7. The Labute approximate surface area is 85.3 Å². The van der Waals surface area contributed by atoms with Crippen LogP contribution in [-0.2, 0) is 4.79 Å². The minimum absolute atomic E-state index is 0.0113. The van der Waals surface area contributed by atoms with Gasteiger partial charge in [0.25, 0.3) is 0 Å². The van der Waals surface area contributed by atoms with Gasteiger partial charge in [-0.15, -0.1) is 5.10 Å². The third-order valence-corrected chi connectivity index (χ3v) is 2.96. The number of H-pyrrole nitrogens is 1. The third kappa shape index (κ3) is 2.63. The van der Waals surface area contributed by atoms with Gasteiger partial charge in [-0.2, -0.15) is 4.98 Å². The third-order valence-electron chi connectivity index (χ3n) is 1.56. The number of carboxylic acids is 1. The molecule has 78 valence electrons. The van der Waals surface area contributed by atoms with E-state index in [0.717, 1.165) is 11.8 Å². The van der Waals surface area contributed by atoms with Crippen molar-refractivity contribution in [2.24, 2.45) is 5.92 Å². The molecule has 0 aromatic carbocycles. The molecule has 0 aliphatic carbocycles. The van der Waals surface area contributed by atoms with Crippen LogP contribution >= 0.6 is 11.8 Å². The predicted molar refractivity (Wildman–Crippen MR) is 52.9 cm³/mol. The monoisotopic (exact) mass is 216 g/mol. The molecule has 0 aliphatic rings. The number of hydrogen-bond acceptors (Lipinski definition) is 5. The molecular formula is C7H12N4O2S. The second-order valence-corrected chi connectivity index (χ2v) is 4.23. The van der Waals surface area contributed by atoms with Gasteiger partial charge >= 0.3 is 5.97 Å². The summed E-state index contributed by atoms with van der Waals surface area (Å²) in [6.07, 6.45) is 0. The highest BCUT2D eigenvalue weighted by Crippen LogP contribution is 2.25. The minimum atomic E-state index is -0.867. The van der Waals surface area contributed by atoms with Crippen LogP contribution in [0.5, 0.6) is 0 Å². The largest absolute Gasteiger partial charge is 0.480 e. The van der Waals surface area contributed by atoms with Crippen LogP contribution in [0.3, 0.4) is 0 Å². The number of nitrogen functional groups attached to an aromatic ring is 1. The number of carbonyl (C=O) groups is 1. The summed E-state index contributed by atoms with van der Waals surface area (Å²) in [5.41, 5.74) is 5.32. The molecule has 0 saturated heterocycles. The number of nitrogens with two attached hydrogens (primary N) is 1. The number of aromatic nitrogens is 3. The SMILES string of the molecule is CC(C)[C@@H](Sc1n[nH]c(N)n1)C(=O)O. The lowest BCUT2D eigenvalue weighted by Crippen LogP contribution is -2.22. The van der Waals surface area contributed by atoms with E-state index in [1.54, 1.807) is 0 Å². The molecule has 0 spiro atoms. The first kappa shape index (κ1) is 10.8. The number of aromatic amines is 1. The molecular weight excluding hydrogens is 204 g/mol. The molecule has 1 atom stereocenters. The van der Waals surface area contributed by atoms with Crippen molar-refractivity contribution >= 4 is 23.7 Å². The van der Waals surface area contributed by atoms with Gasteiger partial charge < -0.3 is 10.8 Å². The Balaban J connectivity index is 2.69. The van der Waals surface area contributed by atoms with Crippen LogP contribution in [0.4, 0.5) is 5.95 Å². The summed E-state index contributed by atoms with van der Waals surface area (Å²) in [4.78, 5) is 14.7. The van der Waals surface area contributed by atoms with Crippen molar-refractivity contribution in [1.29, 1.82) is 0 Å². The molecule has 4 N–H and O–H groups in total. The molecule has 0 amide bonds. The quantitative estimate of drug-likeness (QED) is 0.636. The van der Waals surface area contributed by atoms with Gasteiger partial charge in [-0.25, -0.2) is 5.10 Å². The fourth-order valence-electron chi connectivity index (χ4n) is 0.896. The van der Waals surface area contributed by atoms with Gasteiger partial charge in [0.05, 0.1) is 0 Å². The van der Waals surface area contributed by atoms with Crippen molar-refractivity contribution < 1.29 is 9.90 Å². The smallest absolute Gasteiger partial charge is 0.317 e. The number of nitrogens with zero attached hydrogens (tertiary/aromatic N) is 2. The molecule has 14 heavy (non-hydrogen) atoms. The van der Waals surface area contributed by atoms with Gasteiger partial charge in [-0.05, 0) is 5.92 Å². The van der Waals surface area contributed by atoms with Crippen LogP contribution in [0.2, 0.25) is 0 Å². The van der Waals surface area contributed by atoms with Crippen molar-refractivity contribution in [3.8, 4) is 0 Å². The predicted octanol–water partition coefficient (Wildman–Crippen LogP) is 0.588. The van der Waals surface area contributed by atoms with Gasteiger partial charge in [0.15, 0.2) is 0 Å². The number of carboxylic acid groups (broad SMARTS) is 1.